The Hall–Kier alpha value is -2.07. The first-order valence-electron chi connectivity index (χ1n) is 9.38. The Morgan fingerprint density at radius 3 is 2.59 bits per heavy atom. The Labute approximate surface area is 188 Å². The number of nitrogens with one attached hydrogen (secondary N) is 2. The van der Waals surface area contributed by atoms with Crippen LogP contribution < -0.4 is 20.1 Å². The van der Waals surface area contributed by atoms with Gasteiger partial charge in [0.1, 0.15) is 5.82 Å². The lowest BCUT2D eigenvalue weighted by Gasteiger charge is -2.13. The molecule has 0 bridgehead atoms. The van der Waals surface area contributed by atoms with Crippen LogP contribution in [0.3, 0.4) is 0 Å². The first-order valence-corrected chi connectivity index (χ1v) is 9.38. The smallest absolute Gasteiger partial charge is 0.231 e. The summed E-state index contributed by atoms with van der Waals surface area (Å²) in [5, 5.41) is 6.55. The number of ether oxygens (including phenoxy) is 2. The van der Waals surface area contributed by atoms with Gasteiger partial charge in [-0.3, -0.25) is 0 Å². The molecule has 0 aliphatic carbocycles. The molecule has 0 radical (unpaired) electrons. The van der Waals surface area contributed by atoms with E-state index in [1.807, 2.05) is 50.2 Å². The van der Waals surface area contributed by atoms with Crippen LogP contribution in [-0.2, 0) is 19.6 Å². The molecular formula is C21H28FIN4O2. The number of hydrogen-bond donors (Lipinski definition) is 2. The van der Waals surface area contributed by atoms with E-state index in [2.05, 4.69) is 15.6 Å². The first kappa shape index (κ1) is 23.2. The van der Waals surface area contributed by atoms with Gasteiger partial charge in [-0.05, 0) is 56.4 Å². The Morgan fingerprint density at radius 2 is 1.83 bits per heavy atom. The van der Waals surface area contributed by atoms with Gasteiger partial charge in [0.2, 0.25) is 6.79 Å². The SMILES string of the molecule is CCNC(=NCc1ccc(F)c(CN(C)C)c1)NCc1ccc2c(c1)OCO2.I. The van der Waals surface area contributed by atoms with Crippen LogP contribution in [0, 0.1) is 5.82 Å². The molecule has 2 aromatic carbocycles. The largest absolute Gasteiger partial charge is 0.454 e. The lowest BCUT2D eigenvalue weighted by Crippen LogP contribution is -2.36. The van der Waals surface area contributed by atoms with E-state index >= 15 is 0 Å². The predicted molar refractivity (Wildman–Crippen MR) is 123 cm³/mol. The van der Waals surface area contributed by atoms with Crippen molar-refractivity contribution in [2.75, 3.05) is 27.4 Å². The van der Waals surface area contributed by atoms with Gasteiger partial charge in [-0.1, -0.05) is 12.1 Å². The van der Waals surface area contributed by atoms with Crippen LogP contribution in [0.25, 0.3) is 0 Å². The van der Waals surface area contributed by atoms with Gasteiger partial charge >= 0.3 is 0 Å². The molecule has 1 aliphatic heterocycles. The van der Waals surface area contributed by atoms with E-state index in [-0.39, 0.29) is 36.6 Å². The third-order valence-corrected chi connectivity index (χ3v) is 4.26. The van der Waals surface area contributed by atoms with Crippen molar-refractivity contribution >= 4 is 29.9 Å². The Bertz CT molecular complexity index is 845. The van der Waals surface area contributed by atoms with Gasteiger partial charge in [-0.15, -0.1) is 24.0 Å². The Kier molecular flexibility index (Phi) is 8.97. The van der Waals surface area contributed by atoms with Gasteiger partial charge in [-0.2, -0.15) is 0 Å². The second-order valence-electron chi connectivity index (χ2n) is 6.90. The van der Waals surface area contributed by atoms with Gasteiger partial charge in [0.15, 0.2) is 17.5 Å². The molecular weight excluding hydrogens is 486 g/mol. The van der Waals surface area contributed by atoms with Crippen LogP contribution in [-0.4, -0.2) is 38.3 Å². The number of halogens is 2. The average molecular weight is 514 g/mol. The molecule has 0 unspecified atom stereocenters. The summed E-state index contributed by atoms with van der Waals surface area (Å²) in [5.41, 5.74) is 2.72. The van der Waals surface area contributed by atoms with Crippen LogP contribution in [0.1, 0.15) is 23.6 Å². The number of hydrogen-bond acceptors (Lipinski definition) is 4. The highest BCUT2D eigenvalue weighted by Crippen LogP contribution is 2.32. The normalized spacial score (nSPS) is 12.7. The molecule has 0 aromatic heterocycles. The predicted octanol–water partition coefficient (Wildman–Crippen LogP) is 3.49. The van der Waals surface area contributed by atoms with Crippen molar-refractivity contribution in [1.82, 2.24) is 15.5 Å². The molecule has 29 heavy (non-hydrogen) atoms. The topological polar surface area (TPSA) is 58.1 Å². The zero-order valence-electron chi connectivity index (χ0n) is 17.0. The second kappa shape index (κ2) is 11.2. The van der Waals surface area contributed by atoms with E-state index in [9.17, 15) is 4.39 Å². The van der Waals surface area contributed by atoms with E-state index in [0.29, 0.717) is 31.2 Å². The maximum Gasteiger partial charge on any atom is 0.231 e. The summed E-state index contributed by atoms with van der Waals surface area (Å²) in [6.45, 7) is 4.68. The number of benzene rings is 2. The van der Waals surface area contributed by atoms with Crippen LogP contribution in [0.15, 0.2) is 41.4 Å². The van der Waals surface area contributed by atoms with Crippen LogP contribution in [0.5, 0.6) is 11.5 Å². The lowest BCUT2D eigenvalue weighted by molar-refractivity contribution is 0.174. The summed E-state index contributed by atoms with van der Waals surface area (Å²) in [5.74, 6) is 2.06. The van der Waals surface area contributed by atoms with E-state index in [1.165, 1.54) is 6.07 Å². The third kappa shape index (κ3) is 6.74. The number of aliphatic imine (C=N–C) groups is 1. The Morgan fingerprint density at radius 1 is 1.07 bits per heavy atom. The average Bonchev–Trinajstić information content (AvgIpc) is 3.13. The first-order chi connectivity index (χ1) is 13.5. The summed E-state index contributed by atoms with van der Waals surface area (Å²) in [4.78, 5) is 6.57. The molecule has 0 atom stereocenters. The minimum atomic E-state index is -0.186. The zero-order chi connectivity index (χ0) is 19.9. The summed E-state index contributed by atoms with van der Waals surface area (Å²) in [6.07, 6.45) is 0. The fourth-order valence-electron chi connectivity index (χ4n) is 2.94. The minimum absolute atomic E-state index is 0. The molecule has 1 heterocycles. The van der Waals surface area contributed by atoms with Gasteiger partial charge in [-0.25, -0.2) is 9.38 Å². The number of nitrogens with zero attached hydrogens (tertiary/aromatic N) is 2. The molecule has 158 valence electrons. The van der Waals surface area contributed by atoms with Gasteiger partial charge in [0.05, 0.1) is 6.54 Å². The fraction of sp³-hybridized carbons (Fsp3) is 0.381. The molecule has 6 nitrogen and oxygen atoms in total. The van der Waals surface area contributed by atoms with Crippen molar-refractivity contribution in [3.63, 3.8) is 0 Å². The van der Waals surface area contributed by atoms with Crippen molar-refractivity contribution in [1.29, 1.82) is 0 Å². The summed E-state index contributed by atoms with van der Waals surface area (Å²) in [7, 11) is 3.85. The molecule has 0 amide bonds. The Balaban J connectivity index is 0.00000300. The molecule has 0 saturated carbocycles. The maximum atomic E-state index is 13.9. The molecule has 0 spiro atoms. The highest BCUT2D eigenvalue weighted by Gasteiger charge is 2.13. The van der Waals surface area contributed by atoms with Crippen molar-refractivity contribution in [2.24, 2.45) is 4.99 Å². The van der Waals surface area contributed by atoms with Gasteiger partial charge in [0.25, 0.3) is 0 Å². The van der Waals surface area contributed by atoms with Crippen LogP contribution in [0.4, 0.5) is 4.39 Å². The number of fused-ring (bicyclic) bond motifs is 1. The highest BCUT2D eigenvalue weighted by molar-refractivity contribution is 14.0. The lowest BCUT2D eigenvalue weighted by atomic mass is 10.1. The fourth-order valence-corrected chi connectivity index (χ4v) is 2.94. The molecule has 0 saturated heterocycles. The summed E-state index contributed by atoms with van der Waals surface area (Å²) >= 11 is 0. The van der Waals surface area contributed by atoms with Crippen LogP contribution in [0.2, 0.25) is 0 Å². The molecule has 8 heteroatoms. The minimum Gasteiger partial charge on any atom is -0.454 e. The number of guanidine groups is 1. The quantitative estimate of drug-likeness (QED) is 0.337. The van der Waals surface area contributed by atoms with Crippen molar-refractivity contribution in [3.05, 3.63) is 58.9 Å². The maximum absolute atomic E-state index is 13.9. The van der Waals surface area contributed by atoms with Gasteiger partial charge in [0, 0.05) is 25.2 Å². The standard InChI is InChI=1S/C21H27FN4O2.HI/c1-4-23-21(25-12-16-6-8-19-20(10-16)28-14-27-19)24-11-15-5-7-18(22)17(9-15)13-26(2)3;/h5-10H,4,11-14H2,1-3H3,(H2,23,24,25);1H. The molecule has 2 aromatic rings. The van der Waals surface area contributed by atoms with Gasteiger partial charge < -0.3 is 25.0 Å². The van der Waals surface area contributed by atoms with E-state index in [1.54, 1.807) is 6.07 Å². The van der Waals surface area contributed by atoms with Crippen molar-refractivity contribution in [2.45, 2.75) is 26.6 Å². The second-order valence-corrected chi connectivity index (χ2v) is 6.90. The molecule has 3 rings (SSSR count). The van der Waals surface area contributed by atoms with Crippen LogP contribution >= 0.6 is 24.0 Å². The number of rotatable bonds is 7. The van der Waals surface area contributed by atoms with E-state index < -0.39 is 0 Å². The highest BCUT2D eigenvalue weighted by atomic mass is 127. The summed E-state index contributed by atoms with van der Waals surface area (Å²) in [6, 6.07) is 11.0. The summed E-state index contributed by atoms with van der Waals surface area (Å²) < 4.78 is 24.7. The van der Waals surface area contributed by atoms with E-state index in [4.69, 9.17) is 9.47 Å². The molecule has 2 N–H and O–H groups in total. The van der Waals surface area contributed by atoms with E-state index in [0.717, 1.165) is 29.2 Å². The molecule has 1 aliphatic rings. The van der Waals surface area contributed by atoms with Crippen molar-refractivity contribution < 1.29 is 13.9 Å². The van der Waals surface area contributed by atoms with Crippen molar-refractivity contribution in [3.8, 4) is 11.5 Å². The monoisotopic (exact) mass is 514 g/mol. The third-order valence-electron chi connectivity index (χ3n) is 4.26. The molecule has 0 fully saturated rings. The zero-order valence-corrected chi connectivity index (χ0v) is 19.3.